The molecular formula is C12H14N2O3. The lowest BCUT2D eigenvalue weighted by Gasteiger charge is -2.08. The number of hydrogen-bond donors (Lipinski definition) is 1. The SMILES string of the molecule is COc1cccc2c(C(=O)O)nc(C(C)C)n12. The van der Waals surface area contributed by atoms with E-state index < -0.39 is 5.97 Å². The summed E-state index contributed by atoms with van der Waals surface area (Å²) in [5, 5.41) is 9.12. The molecule has 0 amide bonds. The molecule has 90 valence electrons. The molecule has 0 spiro atoms. The number of methoxy groups -OCH3 is 1. The van der Waals surface area contributed by atoms with Crippen molar-refractivity contribution in [2.45, 2.75) is 19.8 Å². The molecule has 1 N–H and O–H groups in total. The molecule has 0 unspecified atom stereocenters. The van der Waals surface area contributed by atoms with Gasteiger partial charge in [-0.3, -0.25) is 4.40 Å². The Morgan fingerprint density at radius 1 is 1.47 bits per heavy atom. The minimum Gasteiger partial charge on any atom is -0.482 e. The maximum absolute atomic E-state index is 11.1. The number of aromatic nitrogens is 2. The van der Waals surface area contributed by atoms with Gasteiger partial charge in [0, 0.05) is 5.92 Å². The number of hydrogen-bond acceptors (Lipinski definition) is 3. The summed E-state index contributed by atoms with van der Waals surface area (Å²) in [6, 6.07) is 5.27. The van der Waals surface area contributed by atoms with Gasteiger partial charge >= 0.3 is 5.97 Å². The normalized spacial score (nSPS) is 11.1. The topological polar surface area (TPSA) is 63.8 Å². The van der Waals surface area contributed by atoms with E-state index in [0.717, 1.165) is 0 Å². The second kappa shape index (κ2) is 4.08. The first-order valence-electron chi connectivity index (χ1n) is 5.35. The molecule has 0 fully saturated rings. The third-order valence-electron chi connectivity index (χ3n) is 2.58. The fourth-order valence-electron chi connectivity index (χ4n) is 1.84. The Morgan fingerprint density at radius 2 is 2.18 bits per heavy atom. The Kier molecular flexibility index (Phi) is 2.75. The number of carbonyl (C=O) groups is 1. The molecule has 0 atom stereocenters. The van der Waals surface area contributed by atoms with Crippen LogP contribution in [0.5, 0.6) is 5.88 Å². The Hall–Kier alpha value is -2.04. The lowest BCUT2D eigenvalue weighted by molar-refractivity contribution is 0.0693. The van der Waals surface area contributed by atoms with Gasteiger partial charge in [0.2, 0.25) is 0 Å². The minimum atomic E-state index is -1.03. The van der Waals surface area contributed by atoms with Crippen LogP contribution in [-0.4, -0.2) is 27.6 Å². The number of ether oxygens (including phenoxy) is 1. The van der Waals surface area contributed by atoms with Gasteiger partial charge in [0.25, 0.3) is 0 Å². The monoisotopic (exact) mass is 234 g/mol. The summed E-state index contributed by atoms with van der Waals surface area (Å²) in [7, 11) is 1.55. The quantitative estimate of drug-likeness (QED) is 0.883. The maximum atomic E-state index is 11.1. The average molecular weight is 234 g/mol. The van der Waals surface area contributed by atoms with Gasteiger partial charge in [-0.1, -0.05) is 19.9 Å². The Bertz CT molecular complexity index is 572. The fourth-order valence-corrected chi connectivity index (χ4v) is 1.84. The molecule has 17 heavy (non-hydrogen) atoms. The smallest absolute Gasteiger partial charge is 0.356 e. The van der Waals surface area contributed by atoms with Gasteiger partial charge in [0.05, 0.1) is 12.6 Å². The molecule has 0 aliphatic heterocycles. The van der Waals surface area contributed by atoms with Crippen molar-refractivity contribution < 1.29 is 14.6 Å². The predicted octanol–water partition coefficient (Wildman–Crippen LogP) is 2.16. The molecule has 2 aromatic heterocycles. The summed E-state index contributed by atoms with van der Waals surface area (Å²) in [4.78, 5) is 15.3. The molecule has 0 aromatic carbocycles. The van der Waals surface area contributed by atoms with Crippen LogP contribution in [0, 0.1) is 0 Å². The van der Waals surface area contributed by atoms with Crippen molar-refractivity contribution in [3.05, 3.63) is 29.7 Å². The molecule has 5 heteroatoms. The standard InChI is InChI=1S/C12H14N2O3/c1-7(2)11-13-10(12(15)16)8-5-4-6-9(17-3)14(8)11/h4-7H,1-3H3,(H,15,16). The number of rotatable bonds is 3. The largest absolute Gasteiger partial charge is 0.482 e. The third-order valence-corrected chi connectivity index (χ3v) is 2.58. The molecule has 5 nitrogen and oxygen atoms in total. The van der Waals surface area contributed by atoms with Crippen LogP contribution in [0.25, 0.3) is 5.52 Å². The molecule has 0 aliphatic carbocycles. The molecule has 2 aromatic rings. The summed E-state index contributed by atoms with van der Waals surface area (Å²) < 4.78 is 6.99. The molecule has 0 aliphatic rings. The molecule has 0 saturated carbocycles. The number of imidazole rings is 1. The van der Waals surface area contributed by atoms with Gasteiger partial charge in [-0.2, -0.15) is 0 Å². The zero-order valence-electron chi connectivity index (χ0n) is 9.97. The number of pyridine rings is 1. The molecule has 2 rings (SSSR count). The van der Waals surface area contributed by atoms with E-state index in [2.05, 4.69) is 4.98 Å². The average Bonchev–Trinajstić information content (AvgIpc) is 2.68. The Balaban J connectivity index is 2.86. The summed E-state index contributed by atoms with van der Waals surface area (Å²) in [6.45, 7) is 3.93. The number of fused-ring (bicyclic) bond motifs is 1. The van der Waals surface area contributed by atoms with Gasteiger partial charge in [-0.25, -0.2) is 9.78 Å². The van der Waals surface area contributed by atoms with Crippen LogP contribution in [-0.2, 0) is 0 Å². The van der Waals surface area contributed by atoms with Crippen LogP contribution in [0.3, 0.4) is 0 Å². The Morgan fingerprint density at radius 3 is 2.71 bits per heavy atom. The number of carboxylic acids is 1. The van der Waals surface area contributed by atoms with Crippen LogP contribution in [0.2, 0.25) is 0 Å². The van der Waals surface area contributed by atoms with E-state index in [1.54, 1.807) is 29.7 Å². The van der Waals surface area contributed by atoms with Crippen molar-refractivity contribution in [1.29, 1.82) is 0 Å². The van der Waals surface area contributed by atoms with Crippen molar-refractivity contribution >= 4 is 11.5 Å². The highest BCUT2D eigenvalue weighted by molar-refractivity contribution is 5.93. The third kappa shape index (κ3) is 1.73. The van der Waals surface area contributed by atoms with E-state index >= 15 is 0 Å². The van der Waals surface area contributed by atoms with Gasteiger partial charge in [-0.05, 0) is 12.1 Å². The van der Waals surface area contributed by atoms with E-state index in [0.29, 0.717) is 17.2 Å². The van der Waals surface area contributed by atoms with Crippen LogP contribution in [0.15, 0.2) is 18.2 Å². The van der Waals surface area contributed by atoms with E-state index in [4.69, 9.17) is 9.84 Å². The van der Waals surface area contributed by atoms with E-state index in [-0.39, 0.29) is 11.6 Å². The van der Waals surface area contributed by atoms with Crippen LogP contribution < -0.4 is 4.74 Å². The fraction of sp³-hybridized carbons (Fsp3) is 0.333. The van der Waals surface area contributed by atoms with Gasteiger partial charge < -0.3 is 9.84 Å². The molecular weight excluding hydrogens is 220 g/mol. The number of aromatic carboxylic acids is 1. The lowest BCUT2D eigenvalue weighted by Crippen LogP contribution is -2.00. The number of carboxylic acid groups (broad SMARTS) is 1. The second-order valence-electron chi connectivity index (χ2n) is 4.07. The van der Waals surface area contributed by atoms with Gasteiger partial charge in [-0.15, -0.1) is 0 Å². The summed E-state index contributed by atoms with van der Waals surface area (Å²) in [5.74, 6) is 0.371. The maximum Gasteiger partial charge on any atom is 0.356 e. The molecule has 0 radical (unpaired) electrons. The van der Waals surface area contributed by atoms with E-state index in [9.17, 15) is 4.79 Å². The molecule has 2 heterocycles. The van der Waals surface area contributed by atoms with Crippen molar-refractivity contribution in [1.82, 2.24) is 9.38 Å². The highest BCUT2D eigenvalue weighted by Gasteiger charge is 2.20. The van der Waals surface area contributed by atoms with Crippen molar-refractivity contribution in [2.75, 3.05) is 7.11 Å². The Labute approximate surface area is 98.7 Å². The second-order valence-corrected chi connectivity index (χ2v) is 4.07. The zero-order chi connectivity index (χ0) is 12.6. The van der Waals surface area contributed by atoms with E-state index in [1.165, 1.54) is 0 Å². The highest BCUT2D eigenvalue weighted by Crippen LogP contribution is 2.25. The van der Waals surface area contributed by atoms with Crippen molar-refractivity contribution in [3.8, 4) is 5.88 Å². The first kappa shape index (κ1) is 11.4. The highest BCUT2D eigenvalue weighted by atomic mass is 16.5. The van der Waals surface area contributed by atoms with Gasteiger partial charge in [0.15, 0.2) is 11.6 Å². The van der Waals surface area contributed by atoms with Crippen LogP contribution in [0.4, 0.5) is 0 Å². The summed E-state index contributed by atoms with van der Waals surface area (Å²) >= 11 is 0. The van der Waals surface area contributed by atoms with Crippen LogP contribution >= 0.6 is 0 Å². The lowest BCUT2D eigenvalue weighted by atomic mass is 10.2. The predicted molar refractivity (Wildman–Crippen MR) is 62.8 cm³/mol. The van der Waals surface area contributed by atoms with Crippen molar-refractivity contribution in [3.63, 3.8) is 0 Å². The molecule has 0 saturated heterocycles. The van der Waals surface area contributed by atoms with Gasteiger partial charge in [0.1, 0.15) is 5.82 Å². The van der Waals surface area contributed by atoms with Crippen molar-refractivity contribution in [2.24, 2.45) is 0 Å². The zero-order valence-corrected chi connectivity index (χ0v) is 9.97. The molecule has 0 bridgehead atoms. The first-order valence-corrected chi connectivity index (χ1v) is 5.35. The summed E-state index contributed by atoms with van der Waals surface area (Å²) in [6.07, 6.45) is 0. The first-order chi connectivity index (χ1) is 8.06. The minimum absolute atomic E-state index is 0.0626. The summed E-state index contributed by atoms with van der Waals surface area (Å²) in [5.41, 5.74) is 0.619. The van der Waals surface area contributed by atoms with Crippen LogP contribution in [0.1, 0.15) is 36.1 Å². The number of nitrogens with zero attached hydrogens (tertiary/aromatic N) is 2. The van der Waals surface area contributed by atoms with E-state index in [1.807, 2.05) is 13.8 Å².